The van der Waals surface area contributed by atoms with Gasteiger partial charge in [0.1, 0.15) is 0 Å². The number of ether oxygens (including phenoxy) is 1. The van der Waals surface area contributed by atoms with E-state index in [9.17, 15) is 0 Å². The molecule has 1 aromatic rings. The number of rotatable bonds is 3. The lowest BCUT2D eigenvalue weighted by molar-refractivity contribution is 0.185. The maximum atomic E-state index is 5.06. The zero-order chi connectivity index (χ0) is 11.0. The SMILES string of the molecule is CC.COCc1cccc(C(C)C)c1. The fourth-order valence-corrected chi connectivity index (χ4v) is 1.21. The standard InChI is InChI=1S/C11H16O.C2H6/c1-9(2)11-6-4-5-10(7-11)8-12-3;1-2/h4-7,9H,8H2,1-3H3;1-2H3. The molecule has 0 aliphatic rings. The van der Waals surface area contributed by atoms with Gasteiger partial charge in [0.15, 0.2) is 0 Å². The fraction of sp³-hybridized carbons (Fsp3) is 0.538. The van der Waals surface area contributed by atoms with E-state index in [0.717, 1.165) is 0 Å². The van der Waals surface area contributed by atoms with E-state index in [1.165, 1.54) is 11.1 Å². The Morgan fingerprint density at radius 3 is 2.36 bits per heavy atom. The maximum Gasteiger partial charge on any atom is 0.0713 e. The molecule has 0 unspecified atom stereocenters. The molecule has 0 aromatic heterocycles. The highest BCUT2D eigenvalue weighted by Crippen LogP contribution is 2.15. The summed E-state index contributed by atoms with van der Waals surface area (Å²) < 4.78 is 5.06. The van der Waals surface area contributed by atoms with Crippen LogP contribution in [0.5, 0.6) is 0 Å². The summed E-state index contributed by atoms with van der Waals surface area (Å²) in [7, 11) is 1.72. The summed E-state index contributed by atoms with van der Waals surface area (Å²) in [5, 5.41) is 0. The monoisotopic (exact) mass is 194 g/mol. The zero-order valence-electron chi connectivity index (χ0n) is 10.0. The Bertz CT molecular complexity index is 241. The summed E-state index contributed by atoms with van der Waals surface area (Å²) in [4.78, 5) is 0. The molecule has 0 saturated carbocycles. The Labute approximate surface area is 88.1 Å². The molecule has 0 amide bonds. The van der Waals surface area contributed by atoms with Gasteiger partial charge in [-0.3, -0.25) is 0 Å². The Morgan fingerprint density at radius 2 is 1.86 bits per heavy atom. The fourth-order valence-electron chi connectivity index (χ4n) is 1.21. The molecule has 1 nitrogen and oxygen atoms in total. The van der Waals surface area contributed by atoms with Gasteiger partial charge in [-0.05, 0) is 17.0 Å². The molecule has 0 N–H and O–H groups in total. The summed E-state index contributed by atoms with van der Waals surface area (Å²) in [5.74, 6) is 0.599. The summed E-state index contributed by atoms with van der Waals surface area (Å²) in [6, 6.07) is 8.54. The molecular weight excluding hydrogens is 172 g/mol. The molecule has 14 heavy (non-hydrogen) atoms. The second kappa shape index (κ2) is 7.57. The van der Waals surface area contributed by atoms with Crippen molar-refractivity contribution in [1.29, 1.82) is 0 Å². The van der Waals surface area contributed by atoms with Crippen molar-refractivity contribution in [3.05, 3.63) is 35.4 Å². The van der Waals surface area contributed by atoms with Crippen molar-refractivity contribution < 1.29 is 4.74 Å². The molecular formula is C13H22O. The number of methoxy groups -OCH3 is 1. The van der Waals surface area contributed by atoms with Gasteiger partial charge in [-0.25, -0.2) is 0 Å². The Kier molecular flexibility index (Phi) is 7.13. The second-order valence-corrected chi connectivity index (χ2v) is 3.33. The molecule has 0 atom stereocenters. The molecule has 0 aliphatic heterocycles. The van der Waals surface area contributed by atoms with E-state index in [1.54, 1.807) is 7.11 Å². The van der Waals surface area contributed by atoms with Crippen LogP contribution >= 0.6 is 0 Å². The first-order valence-corrected chi connectivity index (χ1v) is 5.32. The third-order valence-electron chi connectivity index (χ3n) is 1.93. The largest absolute Gasteiger partial charge is 0.380 e. The highest BCUT2D eigenvalue weighted by atomic mass is 16.5. The van der Waals surface area contributed by atoms with Gasteiger partial charge in [0.05, 0.1) is 6.61 Å². The highest BCUT2D eigenvalue weighted by Gasteiger charge is 1.99. The van der Waals surface area contributed by atoms with Crippen LogP contribution in [0.25, 0.3) is 0 Å². The second-order valence-electron chi connectivity index (χ2n) is 3.33. The predicted octanol–water partition coefficient (Wildman–Crippen LogP) is 3.98. The summed E-state index contributed by atoms with van der Waals surface area (Å²) in [5.41, 5.74) is 2.63. The van der Waals surface area contributed by atoms with Crippen LogP contribution in [-0.2, 0) is 11.3 Å². The van der Waals surface area contributed by atoms with Crippen LogP contribution in [0.15, 0.2) is 24.3 Å². The van der Waals surface area contributed by atoms with E-state index >= 15 is 0 Å². The van der Waals surface area contributed by atoms with Gasteiger partial charge in [-0.15, -0.1) is 0 Å². The van der Waals surface area contributed by atoms with E-state index in [2.05, 4.69) is 38.1 Å². The molecule has 0 spiro atoms. The molecule has 80 valence electrons. The van der Waals surface area contributed by atoms with Crippen LogP contribution in [-0.4, -0.2) is 7.11 Å². The smallest absolute Gasteiger partial charge is 0.0713 e. The average molecular weight is 194 g/mol. The van der Waals surface area contributed by atoms with E-state index in [-0.39, 0.29) is 0 Å². The molecule has 0 saturated heterocycles. The van der Waals surface area contributed by atoms with Gasteiger partial charge >= 0.3 is 0 Å². The zero-order valence-corrected chi connectivity index (χ0v) is 10.0. The summed E-state index contributed by atoms with van der Waals surface area (Å²) in [6.45, 7) is 9.11. The Hall–Kier alpha value is -0.820. The molecule has 0 fully saturated rings. The van der Waals surface area contributed by atoms with Gasteiger partial charge < -0.3 is 4.74 Å². The van der Waals surface area contributed by atoms with E-state index in [0.29, 0.717) is 12.5 Å². The molecule has 0 aliphatic carbocycles. The van der Waals surface area contributed by atoms with Gasteiger partial charge in [0.2, 0.25) is 0 Å². The number of hydrogen-bond donors (Lipinski definition) is 0. The predicted molar refractivity (Wildman–Crippen MR) is 62.6 cm³/mol. The molecule has 0 radical (unpaired) electrons. The van der Waals surface area contributed by atoms with Crippen molar-refractivity contribution in [3.8, 4) is 0 Å². The molecule has 1 heteroatoms. The van der Waals surface area contributed by atoms with E-state index < -0.39 is 0 Å². The van der Waals surface area contributed by atoms with Crippen molar-refractivity contribution >= 4 is 0 Å². The quantitative estimate of drug-likeness (QED) is 0.707. The van der Waals surface area contributed by atoms with Gasteiger partial charge in [0, 0.05) is 7.11 Å². The van der Waals surface area contributed by atoms with Crippen LogP contribution in [0.4, 0.5) is 0 Å². The molecule has 1 aromatic carbocycles. The van der Waals surface area contributed by atoms with E-state index in [1.807, 2.05) is 13.8 Å². The maximum absolute atomic E-state index is 5.06. The highest BCUT2D eigenvalue weighted by molar-refractivity contribution is 5.25. The first-order valence-electron chi connectivity index (χ1n) is 5.32. The van der Waals surface area contributed by atoms with Crippen molar-refractivity contribution in [2.24, 2.45) is 0 Å². The first kappa shape index (κ1) is 13.2. The van der Waals surface area contributed by atoms with Gasteiger partial charge in [0.25, 0.3) is 0 Å². The topological polar surface area (TPSA) is 9.23 Å². The van der Waals surface area contributed by atoms with Crippen molar-refractivity contribution in [3.63, 3.8) is 0 Å². The van der Waals surface area contributed by atoms with Crippen LogP contribution < -0.4 is 0 Å². The average Bonchev–Trinajstić information content (AvgIpc) is 2.22. The van der Waals surface area contributed by atoms with Gasteiger partial charge in [-0.1, -0.05) is 52.0 Å². The number of benzene rings is 1. The Morgan fingerprint density at radius 1 is 1.21 bits per heavy atom. The van der Waals surface area contributed by atoms with Crippen molar-refractivity contribution in [2.45, 2.75) is 40.2 Å². The minimum absolute atomic E-state index is 0.599. The van der Waals surface area contributed by atoms with Crippen LogP contribution in [0.1, 0.15) is 44.7 Å². The molecule has 1 rings (SSSR count). The lowest BCUT2D eigenvalue weighted by Crippen LogP contribution is -1.91. The summed E-state index contributed by atoms with van der Waals surface area (Å²) in [6.07, 6.45) is 0. The van der Waals surface area contributed by atoms with Gasteiger partial charge in [-0.2, -0.15) is 0 Å². The van der Waals surface area contributed by atoms with Crippen LogP contribution in [0, 0.1) is 0 Å². The minimum Gasteiger partial charge on any atom is -0.380 e. The normalized spacial score (nSPS) is 9.57. The van der Waals surface area contributed by atoms with Crippen molar-refractivity contribution in [2.75, 3.05) is 7.11 Å². The van der Waals surface area contributed by atoms with E-state index in [4.69, 9.17) is 4.74 Å². The van der Waals surface area contributed by atoms with Crippen LogP contribution in [0.3, 0.4) is 0 Å². The van der Waals surface area contributed by atoms with Crippen molar-refractivity contribution in [1.82, 2.24) is 0 Å². The third-order valence-corrected chi connectivity index (χ3v) is 1.93. The molecule has 0 bridgehead atoms. The third kappa shape index (κ3) is 4.43. The Balaban J connectivity index is 0.000000791. The first-order chi connectivity index (χ1) is 6.74. The number of hydrogen-bond acceptors (Lipinski definition) is 1. The minimum atomic E-state index is 0.599. The summed E-state index contributed by atoms with van der Waals surface area (Å²) >= 11 is 0. The molecule has 0 heterocycles. The lowest BCUT2D eigenvalue weighted by atomic mass is 10.0. The lowest BCUT2D eigenvalue weighted by Gasteiger charge is -2.06. The van der Waals surface area contributed by atoms with Crippen LogP contribution in [0.2, 0.25) is 0 Å².